The van der Waals surface area contributed by atoms with Gasteiger partial charge in [0.25, 0.3) is 0 Å². The molecule has 9 heteroatoms. The van der Waals surface area contributed by atoms with Gasteiger partial charge in [0.2, 0.25) is 5.91 Å². The molecule has 37 heavy (non-hydrogen) atoms. The maximum atomic E-state index is 12.9. The monoisotopic (exact) mass is 498 g/mol. The third-order valence-corrected chi connectivity index (χ3v) is 6.94. The van der Waals surface area contributed by atoms with Crippen LogP contribution in [-0.2, 0) is 16.6 Å². The number of nitrogens with one attached hydrogen (secondary N) is 2. The van der Waals surface area contributed by atoms with E-state index in [4.69, 9.17) is 9.78 Å². The fourth-order valence-corrected chi connectivity index (χ4v) is 4.68. The van der Waals surface area contributed by atoms with Crippen molar-refractivity contribution in [1.82, 2.24) is 20.4 Å². The summed E-state index contributed by atoms with van der Waals surface area (Å²) >= 11 is 0. The maximum absolute atomic E-state index is 12.9. The number of carbonyl (C=O) groups is 2. The number of pyridine rings is 1. The molecule has 1 aromatic carbocycles. The van der Waals surface area contributed by atoms with Gasteiger partial charge in [-0.2, -0.15) is 10.2 Å². The highest BCUT2D eigenvalue weighted by molar-refractivity contribution is 5.94. The normalized spacial score (nSPS) is 20.8. The molecular formula is C28H30N6O3. The molecule has 2 aliphatic rings. The fraction of sp³-hybridized carbons (Fsp3) is 0.429. The van der Waals surface area contributed by atoms with Gasteiger partial charge in [0.1, 0.15) is 5.82 Å². The lowest BCUT2D eigenvalue weighted by molar-refractivity contribution is -0.117. The Bertz CT molecular complexity index is 1380. The van der Waals surface area contributed by atoms with Crippen LogP contribution in [0, 0.1) is 23.2 Å². The first-order valence-corrected chi connectivity index (χ1v) is 12.7. The number of hydrogen-bond acceptors (Lipinski definition) is 7. The summed E-state index contributed by atoms with van der Waals surface area (Å²) in [5.74, 6) is -0.0185. The number of hydrogen-bond donors (Lipinski definition) is 2. The van der Waals surface area contributed by atoms with Gasteiger partial charge >= 0.3 is 11.8 Å². The predicted octanol–water partition coefficient (Wildman–Crippen LogP) is 4.72. The lowest BCUT2D eigenvalue weighted by atomic mass is 9.94. The van der Waals surface area contributed by atoms with Crippen LogP contribution in [0.1, 0.15) is 80.1 Å². The Labute approximate surface area is 215 Å². The van der Waals surface area contributed by atoms with Gasteiger partial charge < -0.3 is 15.2 Å². The minimum Gasteiger partial charge on any atom is -0.341 e. The number of carbonyl (C=O) groups excluding carboxylic acids is 2. The van der Waals surface area contributed by atoms with Gasteiger partial charge in [0, 0.05) is 11.6 Å². The van der Waals surface area contributed by atoms with Crippen LogP contribution in [0.25, 0.3) is 11.1 Å². The number of aromatic nitrogens is 3. The van der Waals surface area contributed by atoms with E-state index in [0.717, 1.165) is 42.4 Å². The molecule has 5 rings (SSSR count). The van der Waals surface area contributed by atoms with E-state index in [1.165, 1.54) is 5.56 Å². The third kappa shape index (κ3) is 5.38. The molecular weight excluding hydrogens is 468 g/mol. The van der Waals surface area contributed by atoms with Crippen LogP contribution in [0.15, 0.2) is 41.1 Å². The summed E-state index contributed by atoms with van der Waals surface area (Å²) in [6.07, 6.45) is 6.03. The summed E-state index contributed by atoms with van der Waals surface area (Å²) in [5.41, 5.74) is 3.91. The van der Waals surface area contributed by atoms with Crippen molar-refractivity contribution in [2.75, 3.05) is 5.32 Å². The molecule has 3 atom stereocenters. The van der Waals surface area contributed by atoms with E-state index in [1.54, 1.807) is 6.20 Å². The summed E-state index contributed by atoms with van der Waals surface area (Å²) in [7, 11) is 0. The van der Waals surface area contributed by atoms with Gasteiger partial charge in [-0.15, -0.1) is 0 Å². The van der Waals surface area contributed by atoms with Crippen molar-refractivity contribution in [3.8, 4) is 17.2 Å². The summed E-state index contributed by atoms with van der Waals surface area (Å²) in [6, 6.07) is 12.0. The average molecular weight is 499 g/mol. The number of nitriles is 1. The molecule has 0 radical (unpaired) electrons. The first kappa shape index (κ1) is 24.6. The molecule has 9 nitrogen and oxygen atoms in total. The Morgan fingerprint density at radius 3 is 2.68 bits per heavy atom. The third-order valence-electron chi connectivity index (χ3n) is 6.94. The van der Waals surface area contributed by atoms with Crippen molar-refractivity contribution in [1.29, 1.82) is 5.26 Å². The molecule has 0 bridgehead atoms. The molecule has 190 valence electrons. The molecule has 2 N–H and O–H groups in total. The van der Waals surface area contributed by atoms with Crippen molar-refractivity contribution in [3.05, 3.63) is 59.4 Å². The number of nitrogens with zero attached hydrogens (tertiary/aromatic N) is 4. The Kier molecular flexibility index (Phi) is 6.50. The number of amides is 2. The Morgan fingerprint density at radius 1 is 1.14 bits per heavy atom. The summed E-state index contributed by atoms with van der Waals surface area (Å²) in [5, 5.41) is 18.9. The zero-order valence-electron chi connectivity index (χ0n) is 21.2. The van der Waals surface area contributed by atoms with E-state index < -0.39 is 0 Å². The first-order valence-electron chi connectivity index (χ1n) is 12.7. The van der Waals surface area contributed by atoms with Crippen molar-refractivity contribution in [2.24, 2.45) is 11.8 Å². The predicted molar refractivity (Wildman–Crippen MR) is 136 cm³/mol. The molecule has 2 heterocycles. The Morgan fingerprint density at radius 2 is 1.95 bits per heavy atom. The van der Waals surface area contributed by atoms with Gasteiger partial charge in [-0.3, -0.25) is 9.59 Å². The van der Waals surface area contributed by atoms with E-state index in [0.29, 0.717) is 18.1 Å². The van der Waals surface area contributed by atoms with Crippen molar-refractivity contribution >= 4 is 17.6 Å². The average Bonchev–Trinajstić information content (AvgIpc) is 3.55. The van der Waals surface area contributed by atoms with Crippen LogP contribution in [-0.4, -0.2) is 26.9 Å². The van der Waals surface area contributed by atoms with Gasteiger partial charge in [-0.1, -0.05) is 50.5 Å². The van der Waals surface area contributed by atoms with E-state index in [1.807, 2.05) is 39.0 Å². The van der Waals surface area contributed by atoms with Crippen molar-refractivity contribution in [2.45, 2.75) is 64.3 Å². The molecule has 3 aromatic rings. The molecule has 0 aliphatic heterocycles. The lowest BCUT2D eigenvalue weighted by Crippen LogP contribution is -2.29. The second-order valence-electron chi connectivity index (χ2n) is 10.9. The van der Waals surface area contributed by atoms with Gasteiger partial charge in [0.15, 0.2) is 5.82 Å². The first-order chi connectivity index (χ1) is 17.7. The van der Waals surface area contributed by atoms with E-state index >= 15 is 0 Å². The lowest BCUT2D eigenvalue weighted by Gasteiger charge is -2.19. The number of rotatable bonds is 5. The smallest absolute Gasteiger partial charge is 0.315 e. The molecule has 1 saturated carbocycles. The summed E-state index contributed by atoms with van der Waals surface area (Å²) in [4.78, 5) is 33.8. The fourth-order valence-electron chi connectivity index (χ4n) is 4.68. The van der Waals surface area contributed by atoms with E-state index in [-0.39, 0.29) is 41.0 Å². The molecule has 0 saturated heterocycles. The number of anilines is 1. The minimum atomic E-state index is -0.367. The topological polar surface area (TPSA) is 134 Å². The number of benzene rings is 1. The standard InChI is InChI=1S/C28H30N6O3/c1-28(2,3)27-33-26(37-34-27)25(36)31-22-7-5-4-6-18-12-16(8-9-20(18)22)17-10-11-30-23(14-17)32-24(35)21-13-19(21)15-29/h8-12,14,19,21-22H,4-7,13H2,1-3H3,(H,31,36)(H,30,32,35). The molecule has 2 aliphatic carbocycles. The SMILES string of the molecule is CC(C)(C)c1noc(C(=O)NC2CCCCc3cc(-c4ccnc(NC(=O)C5CC5C#N)c4)ccc32)n1. The van der Waals surface area contributed by atoms with Gasteiger partial charge in [0.05, 0.1) is 23.9 Å². The highest BCUT2D eigenvalue weighted by Gasteiger charge is 2.43. The Hall–Kier alpha value is -4.06. The molecule has 0 spiro atoms. The quantitative estimate of drug-likeness (QED) is 0.486. The molecule has 1 fully saturated rings. The second kappa shape index (κ2) is 9.77. The minimum absolute atomic E-state index is 0.0222. The summed E-state index contributed by atoms with van der Waals surface area (Å²) in [6.45, 7) is 5.90. The summed E-state index contributed by atoms with van der Waals surface area (Å²) < 4.78 is 5.24. The Balaban J connectivity index is 1.33. The maximum Gasteiger partial charge on any atom is 0.315 e. The number of aryl methyl sites for hydroxylation is 1. The van der Waals surface area contributed by atoms with Crippen LogP contribution in [0.5, 0.6) is 0 Å². The molecule has 2 aromatic heterocycles. The highest BCUT2D eigenvalue weighted by atomic mass is 16.5. The number of fused-ring (bicyclic) bond motifs is 1. The van der Waals surface area contributed by atoms with Crippen molar-refractivity contribution in [3.63, 3.8) is 0 Å². The van der Waals surface area contributed by atoms with Crippen LogP contribution in [0.4, 0.5) is 5.82 Å². The van der Waals surface area contributed by atoms with E-state index in [9.17, 15) is 9.59 Å². The van der Waals surface area contributed by atoms with E-state index in [2.05, 4.69) is 44.0 Å². The van der Waals surface area contributed by atoms with Crippen LogP contribution < -0.4 is 10.6 Å². The second-order valence-corrected chi connectivity index (χ2v) is 10.9. The zero-order chi connectivity index (χ0) is 26.2. The van der Waals surface area contributed by atoms with Crippen LogP contribution in [0.3, 0.4) is 0 Å². The van der Waals surface area contributed by atoms with Crippen molar-refractivity contribution < 1.29 is 14.1 Å². The van der Waals surface area contributed by atoms with Gasteiger partial charge in [-0.05, 0) is 60.1 Å². The van der Waals surface area contributed by atoms with Gasteiger partial charge in [-0.25, -0.2) is 4.98 Å². The largest absolute Gasteiger partial charge is 0.341 e. The molecule has 3 unspecified atom stereocenters. The molecule has 2 amide bonds. The van der Waals surface area contributed by atoms with Crippen LogP contribution >= 0.6 is 0 Å². The van der Waals surface area contributed by atoms with Crippen LogP contribution in [0.2, 0.25) is 0 Å². The highest BCUT2D eigenvalue weighted by Crippen LogP contribution is 2.38. The zero-order valence-corrected chi connectivity index (χ0v) is 21.2.